The highest BCUT2D eigenvalue weighted by Gasteiger charge is 2.18. The number of hydrogen-bond donors (Lipinski definition) is 2. The van der Waals surface area contributed by atoms with Crippen LogP contribution < -0.4 is 5.73 Å². The van der Waals surface area contributed by atoms with Crippen LogP contribution in [0.15, 0.2) is 0 Å². The van der Waals surface area contributed by atoms with Crippen LogP contribution in [0, 0.1) is 13.8 Å². The second-order valence-electron chi connectivity index (χ2n) is 4.55. The molecule has 0 unspecified atom stereocenters. The first-order valence-corrected chi connectivity index (χ1v) is 5.65. The third-order valence-electron chi connectivity index (χ3n) is 3.20. The largest absolute Gasteiger partial charge is 0.327 e. The Morgan fingerprint density at radius 3 is 2.93 bits per heavy atom. The van der Waals surface area contributed by atoms with E-state index in [1.165, 1.54) is 24.1 Å². The zero-order valence-electron chi connectivity index (χ0n) is 9.58. The van der Waals surface area contributed by atoms with E-state index in [2.05, 4.69) is 28.9 Å². The Kier molecular flexibility index (Phi) is 3.07. The molecule has 0 bridgehead atoms. The van der Waals surface area contributed by atoms with E-state index < -0.39 is 0 Å². The maximum atomic E-state index is 5.97. The van der Waals surface area contributed by atoms with Crippen molar-refractivity contribution in [1.29, 1.82) is 0 Å². The van der Waals surface area contributed by atoms with Crippen LogP contribution in [-0.2, 0) is 6.54 Å². The van der Waals surface area contributed by atoms with Crippen molar-refractivity contribution in [2.24, 2.45) is 5.73 Å². The summed E-state index contributed by atoms with van der Waals surface area (Å²) in [5.74, 6) is 0. The van der Waals surface area contributed by atoms with Crippen LogP contribution in [0.25, 0.3) is 0 Å². The molecule has 1 saturated heterocycles. The molecule has 1 fully saturated rings. The van der Waals surface area contributed by atoms with E-state index in [1.54, 1.807) is 0 Å². The lowest BCUT2D eigenvalue weighted by atomic mass is 10.1. The molecule has 1 aliphatic heterocycles. The highest BCUT2D eigenvalue weighted by atomic mass is 15.2. The summed E-state index contributed by atoms with van der Waals surface area (Å²) in [6, 6.07) is 0.353. The molecule has 0 spiro atoms. The number of rotatable bonds is 2. The van der Waals surface area contributed by atoms with Gasteiger partial charge in [0.1, 0.15) is 0 Å². The summed E-state index contributed by atoms with van der Waals surface area (Å²) >= 11 is 0. The fourth-order valence-corrected chi connectivity index (χ4v) is 2.27. The summed E-state index contributed by atoms with van der Waals surface area (Å²) < 4.78 is 0. The predicted octanol–water partition coefficient (Wildman–Crippen LogP) is 0.950. The van der Waals surface area contributed by atoms with Crippen molar-refractivity contribution in [1.82, 2.24) is 15.1 Å². The van der Waals surface area contributed by atoms with Crippen molar-refractivity contribution in [3.8, 4) is 0 Å². The number of hydrogen-bond acceptors (Lipinski definition) is 3. The van der Waals surface area contributed by atoms with E-state index in [0.717, 1.165) is 25.3 Å². The molecule has 1 atom stereocenters. The monoisotopic (exact) mass is 208 g/mol. The molecule has 2 heterocycles. The Morgan fingerprint density at radius 1 is 1.53 bits per heavy atom. The van der Waals surface area contributed by atoms with Crippen molar-refractivity contribution in [3.05, 3.63) is 17.0 Å². The molecule has 0 amide bonds. The van der Waals surface area contributed by atoms with E-state index >= 15 is 0 Å². The van der Waals surface area contributed by atoms with Crippen molar-refractivity contribution in [2.75, 3.05) is 13.1 Å². The quantitative estimate of drug-likeness (QED) is 0.760. The van der Waals surface area contributed by atoms with Crippen LogP contribution in [-0.4, -0.2) is 34.2 Å². The minimum Gasteiger partial charge on any atom is -0.327 e. The molecule has 0 aromatic carbocycles. The van der Waals surface area contributed by atoms with Gasteiger partial charge in [0.25, 0.3) is 0 Å². The fourth-order valence-electron chi connectivity index (χ4n) is 2.27. The van der Waals surface area contributed by atoms with Crippen molar-refractivity contribution in [3.63, 3.8) is 0 Å². The number of likely N-dealkylation sites (tertiary alicyclic amines) is 1. The van der Waals surface area contributed by atoms with Gasteiger partial charge in [-0.1, -0.05) is 0 Å². The molecule has 4 nitrogen and oxygen atoms in total. The average molecular weight is 208 g/mol. The number of H-pyrrole nitrogens is 1. The predicted molar refractivity (Wildman–Crippen MR) is 60.5 cm³/mol. The highest BCUT2D eigenvalue weighted by molar-refractivity contribution is 5.22. The van der Waals surface area contributed by atoms with Crippen molar-refractivity contribution >= 4 is 0 Å². The lowest BCUT2D eigenvalue weighted by Gasteiger charge is -2.30. The summed E-state index contributed by atoms with van der Waals surface area (Å²) in [7, 11) is 0. The summed E-state index contributed by atoms with van der Waals surface area (Å²) in [4.78, 5) is 2.43. The summed E-state index contributed by atoms with van der Waals surface area (Å²) in [6.07, 6.45) is 2.39. The van der Waals surface area contributed by atoms with Gasteiger partial charge in [-0.25, -0.2) is 0 Å². The molecule has 4 heteroatoms. The zero-order valence-corrected chi connectivity index (χ0v) is 9.58. The van der Waals surface area contributed by atoms with Gasteiger partial charge in [0.05, 0.1) is 5.69 Å². The van der Waals surface area contributed by atoms with Gasteiger partial charge < -0.3 is 5.73 Å². The molecule has 0 saturated carbocycles. The van der Waals surface area contributed by atoms with Crippen LogP contribution in [0.3, 0.4) is 0 Å². The maximum absolute atomic E-state index is 5.97. The van der Waals surface area contributed by atoms with Crippen LogP contribution in [0.4, 0.5) is 0 Å². The van der Waals surface area contributed by atoms with Crippen molar-refractivity contribution < 1.29 is 0 Å². The Morgan fingerprint density at radius 2 is 2.33 bits per heavy atom. The minimum atomic E-state index is 0.353. The number of nitrogens with one attached hydrogen (secondary N) is 1. The Labute approximate surface area is 90.8 Å². The van der Waals surface area contributed by atoms with Gasteiger partial charge in [0, 0.05) is 30.4 Å². The van der Waals surface area contributed by atoms with Crippen LogP contribution in [0.2, 0.25) is 0 Å². The SMILES string of the molecule is Cc1n[nH]c(C)c1CN1CCC[C@H](N)C1. The number of aryl methyl sites for hydroxylation is 2. The summed E-state index contributed by atoms with van der Waals surface area (Å²) in [5.41, 5.74) is 9.61. The molecule has 1 aromatic heterocycles. The number of aromatic amines is 1. The maximum Gasteiger partial charge on any atom is 0.0639 e. The molecule has 2 rings (SSSR count). The third kappa shape index (κ3) is 2.38. The van der Waals surface area contributed by atoms with Gasteiger partial charge in [0.15, 0.2) is 0 Å². The molecule has 1 aliphatic rings. The number of nitrogens with zero attached hydrogens (tertiary/aromatic N) is 2. The van der Waals surface area contributed by atoms with Crippen LogP contribution >= 0.6 is 0 Å². The lowest BCUT2D eigenvalue weighted by Crippen LogP contribution is -2.42. The second-order valence-corrected chi connectivity index (χ2v) is 4.55. The van der Waals surface area contributed by atoms with Crippen LogP contribution in [0.5, 0.6) is 0 Å². The third-order valence-corrected chi connectivity index (χ3v) is 3.20. The van der Waals surface area contributed by atoms with E-state index in [1.807, 2.05) is 0 Å². The zero-order chi connectivity index (χ0) is 10.8. The normalized spacial score (nSPS) is 23.3. The Balaban J connectivity index is 2.02. The Hall–Kier alpha value is -0.870. The van der Waals surface area contributed by atoms with E-state index in [-0.39, 0.29) is 0 Å². The van der Waals surface area contributed by atoms with Gasteiger partial charge in [-0.2, -0.15) is 5.10 Å². The summed E-state index contributed by atoms with van der Waals surface area (Å²) in [6.45, 7) is 7.31. The number of piperidine rings is 1. The van der Waals surface area contributed by atoms with Gasteiger partial charge in [-0.15, -0.1) is 0 Å². The average Bonchev–Trinajstić information content (AvgIpc) is 2.50. The molecular weight excluding hydrogens is 188 g/mol. The van der Waals surface area contributed by atoms with Crippen LogP contribution in [0.1, 0.15) is 29.8 Å². The first-order chi connectivity index (χ1) is 7.16. The van der Waals surface area contributed by atoms with Gasteiger partial charge in [0.2, 0.25) is 0 Å². The minimum absolute atomic E-state index is 0.353. The lowest BCUT2D eigenvalue weighted by molar-refractivity contribution is 0.201. The van der Waals surface area contributed by atoms with E-state index in [0.29, 0.717) is 6.04 Å². The summed E-state index contributed by atoms with van der Waals surface area (Å²) in [5, 5.41) is 7.25. The topological polar surface area (TPSA) is 57.9 Å². The Bertz CT molecular complexity index is 312. The van der Waals surface area contributed by atoms with Gasteiger partial charge in [-0.05, 0) is 33.2 Å². The van der Waals surface area contributed by atoms with E-state index in [4.69, 9.17) is 5.73 Å². The second kappa shape index (κ2) is 4.33. The molecule has 0 aliphatic carbocycles. The molecule has 1 aromatic rings. The van der Waals surface area contributed by atoms with E-state index in [9.17, 15) is 0 Å². The number of aromatic nitrogens is 2. The molecule has 15 heavy (non-hydrogen) atoms. The first-order valence-electron chi connectivity index (χ1n) is 5.65. The van der Waals surface area contributed by atoms with Gasteiger partial charge >= 0.3 is 0 Å². The molecule has 84 valence electrons. The highest BCUT2D eigenvalue weighted by Crippen LogP contribution is 2.16. The molecule has 0 radical (unpaired) electrons. The molecule has 3 N–H and O–H groups in total. The van der Waals surface area contributed by atoms with Crippen molar-refractivity contribution in [2.45, 2.75) is 39.3 Å². The number of nitrogens with two attached hydrogens (primary N) is 1. The van der Waals surface area contributed by atoms with Gasteiger partial charge in [-0.3, -0.25) is 10.00 Å². The molecular formula is C11H20N4. The standard InChI is InChI=1S/C11H20N4/c1-8-11(9(2)14-13-8)7-15-5-3-4-10(12)6-15/h10H,3-7,12H2,1-2H3,(H,13,14)/t10-/m0/s1. The fraction of sp³-hybridized carbons (Fsp3) is 0.727. The first kappa shape index (κ1) is 10.6. The smallest absolute Gasteiger partial charge is 0.0639 e.